The first-order chi connectivity index (χ1) is 9.07. The van der Waals surface area contributed by atoms with Crippen LogP contribution in [-0.2, 0) is 11.2 Å². The van der Waals surface area contributed by atoms with Crippen molar-refractivity contribution in [2.45, 2.75) is 39.0 Å². The second-order valence-corrected chi connectivity index (χ2v) is 5.84. The molecule has 0 aliphatic heterocycles. The summed E-state index contributed by atoms with van der Waals surface area (Å²) in [7, 11) is 0. The molecule has 1 aromatic rings. The predicted octanol–water partition coefficient (Wildman–Crippen LogP) is 2.24. The number of benzene rings is 1. The van der Waals surface area contributed by atoms with E-state index in [2.05, 4.69) is 43.4 Å². The summed E-state index contributed by atoms with van der Waals surface area (Å²) < 4.78 is 0. The maximum Gasteiger partial charge on any atom is 0.228 e. The molecule has 1 saturated carbocycles. The summed E-state index contributed by atoms with van der Waals surface area (Å²) in [4.78, 5) is 11.8. The first-order valence-corrected chi connectivity index (χ1v) is 7.05. The fourth-order valence-corrected chi connectivity index (χ4v) is 2.18. The van der Waals surface area contributed by atoms with E-state index in [0.717, 1.165) is 19.3 Å². The number of hydrogen-bond acceptors (Lipinski definition) is 2. The molecule has 0 radical (unpaired) electrons. The van der Waals surface area contributed by atoms with Gasteiger partial charge in [-0.2, -0.15) is 0 Å². The van der Waals surface area contributed by atoms with E-state index in [1.54, 1.807) is 0 Å². The fraction of sp³-hybridized carbons (Fsp3) is 0.562. The summed E-state index contributed by atoms with van der Waals surface area (Å²) in [6, 6.07) is 8.55. The molecule has 1 aromatic carbocycles. The lowest BCUT2D eigenvalue weighted by Gasteiger charge is -2.12. The number of aliphatic hydroxyl groups is 1. The van der Waals surface area contributed by atoms with Crippen molar-refractivity contribution >= 4 is 5.91 Å². The second kappa shape index (κ2) is 5.74. The number of amides is 1. The molecule has 1 fully saturated rings. The quantitative estimate of drug-likeness (QED) is 0.825. The molecule has 0 spiro atoms. The number of carbonyl (C=O) groups excluding carboxylic acids is 1. The van der Waals surface area contributed by atoms with Gasteiger partial charge in [-0.15, -0.1) is 0 Å². The maximum absolute atomic E-state index is 11.8. The van der Waals surface area contributed by atoms with Gasteiger partial charge in [-0.1, -0.05) is 38.1 Å². The van der Waals surface area contributed by atoms with E-state index >= 15 is 0 Å². The summed E-state index contributed by atoms with van der Waals surface area (Å²) in [6.07, 6.45) is 2.47. The Hall–Kier alpha value is -1.35. The van der Waals surface area contributed by atoms with Crippen LogP contribution in [0.2, 0.25) is 0 Å². The van der Waals surface area contributed by atoms with Crippen LogP contribution in [0.15, 0.2) is 24.3 Å². The molecule has 0 heterocycles. The zero-order chi connectivity index (χ0) is 13.9. The van der Waals surface area contributed by atoms with Crippen LogP contribution in [0.5, 0.6) is 0 Å². The zero-order valence-corrected chi connectivity index (χ0v) is 11.8. The van der Waals surface area contributed by atoms with Gasteiger partial charge in [-0.05, 0) is 36.3 Å². The van der Waals surface area contributed by atoms with Crippen molar-refractivity contribution in [1.82, 2.24) is 5.32 Å². The molecular formula is C16H23NO2. The Balaban J connectivity index is 1.78. The van der Waals surface area contributed by atoms with E-state index in [-0.39, 0.29) is 12.5 Å². The third-order valence-electron chi connectivity index (χ3n) is 3.98. The van der Waals surface area contributed by atoms with Crippen molar-refractivity contribution in [2.24, 2.45) is 5.41 Å². The van der Waals surface area contributed by atoms with Crippen molar-refractivity contribution in [3.63, 3.8) is 0 Å². The van der Waals surface area contributed by atoms with E-state index in [1.165, 1.54) is 11.1 Å². The Bertz CT molecular complexity index is 433. The highest BCUT2D eigenvalue weighted by Gasteiger charge is 2.49. The maximum atomic E-state index is 11.8. The summed E-state index contributed by atoms with van der Waals surface area (Å²) in [6.45, 7) is 4.97. The van der Waals surface area contributed by atoms with Crippen LogP contribution in [0, 0.1) is 5.41 Å². The van der Waals surface area contributed by atoms with E-state index < -0.39 is 5.41 Å². The molecule has 0 unspecified atom stereocenters. The molecule has 0 saturated heterocycles. The van der Waals surface area contributed by atoms with E-state index in [0.29, 0.717) is 12.5 Å². The van der Waals surface area contributed by atoms with Crippen LogP contribution >= 0.6 is 0 Å². The van der Waals surface area contributed by atoms with Crippen molar-refractivity contribution in [1.29, 1.82) is 0 Å². The molecular weight excluding hydrogens is 238 g/mol. The molecule has 3 nitrogen and oxygen atoms in total. The Kier molecular flexibility index (Phi) is 4.25. The van der Waals surface area contributed by atoms with Crippen molar-refractivity contribution in [3.8, 4) is 0 Å². The SMILES string of the molecule is CC(C)c1ccc(CCNC(=O)C2(CO)CC2)cc1. The van der Waals surface area contributed by atoms with Crippen LogP contribution in [0.3, 0.4) is 0 Å². The highest BCUT2D eigenvalue weighted by atomic mass is 16.3. The zero-order valence-electron chi connectivity index (χ0n) is 11.8. The van der Waals surface area contributed by atoms with Crippen LogP contribution in [0.4, 0.5) is 0 Å². The molecule has 2 N–H and O–H groups in total. The molecule has 1 amide bonds. The molecule has 2 rings (SSSR count). The molecule has 3 heteroatoms. The molecule has 0 aromatic heterocycles. The monoisotopic (exact) mass is 261 g/mol. The Morgan fingerprint density at radius 1 is 1.32 bits per heavy atom. The third kappa shape index (κ3) is 3.35. The van der Waals surface area contributed by atoms with Gasteiger partial charge < -0.3 is 10.4 Å². The van der Waals surface area contributed by atoms with Gasteiger partial charge in [0.15, 0.2) is 0 Å². The number of aliphatic hydroxyl groups excluding tert-OH is 1. The average Bonchev–Trinajstić information content (AvgIpc) is 3.20. The minimum absolute atomic E-state index is 0.00815. The molecule has 0 atom stereocenters. The average molecular weight is 261 g/mol. The highest BCUT2D eigenvalue weighted by Crippen LogP contribution is 2.45. The molecule has 1 aliphatic carbocycles. The first kappa shape index (κ1) is 14.1. The Morgan fingerprint density at radius 3 is 2.42 bits per heavy atom. The molecule has 0 bridgehead atoms. The van der Waals surface area contributed by atoms with Gasteiger partial charge in [-0.25, -0.2) is 0 Å². The summed E-state index contributed by atoms with van der Waals surface area (Å²) in [5.41, 5.74) is 2.12. The standard InChI is InChI=1S/C16H23NO2/c1-12(2)14-5-3-13(4-6-14)7-10-17-15(19)16(11-18)8-9-16/h3-6,12,18H,7-11H2,1-2H3,(H,17,19). The Labute approximate surface area is 115 Å². The number of hydrogen-bond donors (Lipinski definition) is 2. The molecule has 104 valence electrons. The minimum Gasteiger partial charge on any atom is -0.395 e. The summed E-state index contributed by atoms with van der Waals surface area (Å²) in [5.74, 6) is 0.557. The number of carbonyl (C=O) groups is 1. The van der Waals surface area contributed by atoms with Gasteiger partial charge in [-0.3, -0.25) is 4.79 Å². The van der Waals surface area contributed by atoms with Gasteiger partial charge in [0, 0.05) is 6.54 Å². The summed E-state index contributed by atoms with van der Waals surface area (Å²) in [5, 5.41) is 12.1. The fourth-order valence-electron chi connectivity index (χ4n) is 2.18. The second-order valence-electron chi connectivity index (χ2n) is 5.84. The van der Waals surface area contributed by atoms with E-state index in [4.69, 9.17) is 5.11 Å². The van der Waals surface area contributed by atoms with Crippen LogP contribution in [-0.4, -0.2) is 24.2 Å². The van der Waals surface area contributed by atoms with Gasteiger partial charge in [0.25, 0.3) is 0 Å². The molecule has 1 aliphatic rings. The Morgan fingerprint density at radius 2 is 1.95 bits per heavy atom. The van der Waals surface area contributed by atoms with Crippen LogP contribution in [0.25, 0.3) is 0 Å². The van der Waals surface area contributed by atoms with Gasteiger partial charge >= 0.3 is 0 Å². The number of rotatable bonds is 6. The first-order valence-electron chi connectivity index (χ1n) is 7.05. The van der Waals surface area contributed by atoms with Gasteiger partial charge in [0.2, 0.25) is 5.91 Å². The lowest BCUT2D eigenvalue weighted by atomic mass is 10.0. The van der Waals surface area contributed by atoms with E-state index in [9.17, 15) is 4.79 Å². The summed E-state index contributed by atoms with van der Waals surface area (Å²) >= 11 is 0. The smallest absolute Gasteiger partial charge is 0.228 e. The lowest BCUT2D eigenvalue weighted by Crippen LogP contribution is -2.35. The number of nitrogens with one attached hydrogen (secondary N) is 1. The van der Waals surface area contributed by atoms with Crippen LogP contribution < -0.4 is 5.32 Å². The van der Waals surface area contributed by atoms with Gasteiger partial charge in [0.1, 0.15) is 0 Å². The van der Waals surface area contributed by atoms with E-state index in [1.807, 2.05) is 0 Å². The lowest BCUT2D eigenvalue weighted by molar-refractivity contribution is -0.127. The van der Waals surface area contributed by atoms with Gasteiger partial charge in [0.05, 0.1) is 12.0 Å². The topological polar surface area (TPSA) is 49.3 Å². The van der Waals surface area contributed by atoms with Crippen molar-refractivity contribution in [3.05, 3.63) is 35.4 Å². The van der Waals surface area contributed by atoms with Crippen molar-refractivity contribution < 1.29 is 9.90 Å². The normalized spacial score (nSPS) is 16.4. The van der Waals surface area contributed by atoms with Crippen molar-refractivity contribution in [2.75, 3.05) is 13.2 Å². The molecule has 19 heavy (non-hydrogen) atoms. The third-order valence-corrected chi connectivity index (χ3v) is 3.98. The minimum atomic E-state index is -0.457. The van der Waals surface area contributed by atoms with Crippen LogP contribution in [0.1, 0.15) is 43.7 Å². The highest BCUT2D eigenvalue weighted by molar-refractivity contribution is 5.85. The predicted molar refractivity (Wildman–Crippen MR) is 76.0 cm³/mol. The largest absolute Gasteiger partial charge is 0.395 e.